The summed E-state index contributed by atoms with van der Waals surface area (Å²) in [6, 6.07) is 34.9. The number of aromatic nitrogens is 4. The Hall–Kier alpha value is -5.44. The maximum Gasteiger partial charge on any atom is 0.259 e. The zero-order valence-corrected chi connectivity index (χ0v) is 36.2. The van der Waals surface area contributed by atoms with Gasteiger partial charge in [-0.3, -0.25) is 9.69 Å². The van der Waals surface area contributed by atoms with Crippen LogP contribution in [-0.2, 0) is 25.9 Å². The SMILES string of the molecule is COc1ccc(C(OC[C@H]2O[C@@H](n3nc4c5c(ncnc53)N(C(=O)c3ccccc3)CCC4)[C@H](O[Si](C)(C)C(C)(C)C)[C@@H]2O)(c2ccccc2)c2ccc(OC)cc2)cc1. The molecule has 0 spiro atoms. The number of carbonyl (C=O) groups is 1. The van der Waals surface area contributed by atoms with Gasteiger partial charge in [-0.2, -0.15) is 5.10 Å². The number of nitrogens with zero attached hydrogens (tertiary/aromatic N) is 5. The smallest absolute Gasteiger partial charge is 0.259 e. The Morgan fingerprint density at radius 3 is 2.00 bits per heavy atom. The first-order valence-electron chi connectivity index (χ1n) is 20.4. The minimum Gasteiger partial charge on any atom is -0.497 e. The predicted molar refractivity (Wildman–Crippen MR) is 232 cm³/mol. The number of methoxy groups -OCH3 is 2. The molecule has 0 radical (unpaired) electrons. The summed E-state index contributed by atoms with van der Waals surface area (Å²) in [5.74, 6) is 1.78. The number of aryl methyl sites for hydroxylation is 1. The molecule has 0 aliphatic carbocycles. The second-order valence-electron chi connectivity index (χ2n) is 16.9. The van der Waals surface area contributed by atoms with Gasteiger partial charge >= 0.3 is 0 Å². The van der Waals surface area contributed by atoms with E-state index in [4.69, 9.17) is 33.5 Å². The second-order valence-corrected chi connectivity index (χ2v) is 21.7. The van der Waals surface area contributed by atoms with Crippen LogP contribution in [0.3, 0.4) is 0 Å². The molecule has 4 atom stereocenters. The molecule has 4 heterocycles. The van der Waals surface area contributed by atoms with Crippen LogP contribution in [0.2, 0.25) is 18.1 Å². The Morgan fingerprint density at radius 2 is 1.42 bits per heavy atom. The van der Waals surface area contributed by atoms with Crippen molar-refractivity contribution in [3.8, 4) is 11.5 Å². The van der Waals surface area contributed by atoms with Crippen LogP contribution in [0.15, 0.2) is 116 Å². The van der Waals surface area contributed by atoms with Gasteiger partial charge in [-0.15, -0.1) is 0 Å². The van der Waals surface area contributed by atoms with Gasteiger partial charge in [-0.1, -0.05) is 93.6 Å². The zero-order valence-electron chi connectivity index (χ0n) is 35.2. The topological polar surface area (TPSA) is 130 Å². The lowest BCUT2D eigenvalue weighted by atomic mass is 9.80. The van der Waals surface area contributed by atoms with Gasteiger partial charge in [0, 0.05) is 12.1 Å². The molecule has 2 aromatic heterocycles. The monoisotopic (exact) mass is 827 g/mol. The number of amides is 1. The van der Waals surface area contributed by atoms with E-state index in [2.05, 4.69) is 38.8 Å². The van der Waals surface area contributed by atoms with Crippen molar-refractivity contribution in [2.75, 3.05) is 32.3 Å². The van der Waals surface area contributed by atoms with Crippen molar-refractivity contribution in [3.05, 3.63) is 143 Å². The molecule has 4 aromatic carbocycles. The maximum absolute atomic E-state index is 13.9. The maximum atomic E-state index is 13.9. The highest BCUT2D eigenvalue weighted by Crippen LogP contribution is 2.46. The molecule has 60 heavy (non-hydrogen) atoms. The molecule has 0 bridgehead atoms. The van der Waals surface area contributed by atoms with E-state index in [1.165, 1.54) is 6.33 Å². The highest BCUT2D eigenvalue weighted by Gasteiger charge is 2.52. The van der Waals surface area contributed by atoms with E-state index < -0.39 is 38.5 Å². The Balaban J connectivity index is 1.21. The van der Waals surface area contributed by atoms with Crippen LogP contribution >= 0.6 is 0 Å². The standard InChI is InChI=1S/C47H53N5O7Si/c1-46(2,3)60(6,7)59-41-40(53)38(29-57-47(32-17-12-9-13-18-32,33-20-24-35(55-4)25-21-33)34-22-26-36(56-5)27-23-34)58-45(41)52-43-39-37(50-52)19-14-28-51(42(39)48-30-49-43)44(54)31-15-10-8-11-16-31/h8-13,15-18,20-27,30,38,40-41,45,53H,14,19,28-29H2,1-7H3/t38-,40-,41-,45-/m1/s1. The third-order valence-corrected chi connectivity index (χ3v) is 16.8. The van der Waals surface area contributed by atoms with Crippen molar-refractivity contribution < 1.29 is 33.3 Å². The van der Waals surface area contributed by atoms with Gasteiger partial charge in [0.25, 0.3) is 5.91 Å². The first-order valence-corrected chi connectivity index (χ1v) is 23.4. The average Bonchev–Trinajstić information content (AvgIpc) is 3.71. The van der Waals surface area contributed by atoms with Gasteiger partial charge < -0.3 is 28.5 Å². The van der Waals surface area contributed by atoms with E-state index in [1.54, 1.807) is 23.8 Å². The summed E-state index contributed by atoms with van der Waals surface area (Å²) >= 11 is 0. The number of anilines is 1. The van der Waals surface area contributed by atoms with Crippen LogP contribution in [0.5, 0.6) is 11.5 Å². The lowest BCUT2D eigenvalue weighted by Gasteiger charge is -2.40. The molecule has 0 saturated carbocycles. The van der Waals surface area contributed by atoms with E-state index in [0.29, 0.717) is 53.3 Å². The van der Waals surface area contributed by atoms with Gasteiger partial charge in [-0.05, 0) is 84.1 Å². The third kappa shape index (κ3) is 7.49. The highest BCUT2D eigenvalue weighted by atomic mass is 28.4. The van der Waals surface area contributed by atoms with Gasteiger partial charge in [0.1, 0.15) is 47.6 Å². The minimum absolute atomic E-state index is 0.0202. The summed E-state index contributed by atoms with van der Waals surface area (Å²) in [5.41, 5.74) is 3.28. The van der Waals surface area contributed by atoms with Crippen molar-refractivity contribution in [3.63, 3.8) is 0 Å². The number of rotatable bonds is 12. The Kier molecular flexibility index (Phi) is 11.4. The van der Waals surface area contributed by atoms with Crippen molar-refractivity contribution in [2.24, 2.45) is 0 Å². The minimum atomic E-state index is -2.52. The normalized spacial score (nSPS) is 19.6. The van der Waals surface area contributed by atoms with E-state index in [1.807, 2.05) is 109 Å². The molecule has 2 aliphatic heterocycles. The summed E-state index contributed by atoms with van der Waals surface area (Å²) in [7, 11) is 0.760. The van der Waals surface area contributed by atoms with Crippen molar-refractivity contribution in [2.45, 2.75) is 81.9 Å². The molecule has 2 aliphatic rings. The van der Waals surface area contributed by atoms with Crippen LogP contribution in [-0.4, -0.2) is 84.8 Å². The van der Waals surface area contributed by atoms with Gasteiger partial charge in [0.05, 0.1) is 31.9 Å². The van der Waals surface area contributed by atoms with Gasteiger partial charge in [-0.25, -0.2) is 14.6 Å². The third-order valence-electron chi connectivity index (χ3n) is 12.3. The summed E-state index contributed by atoms with van der Waals surface area (Å²) in [6.45, 7) is 11.3. The number of ether oxygens (including phenoxy) is 4. The Morgan fingerprint density at radius 1 is 0.833 bits per heavy atom. The lowest BCUT2D eigenvalue weighted by molar-refractivity contribution is -0.0964. The molecule has 1 saturated heterocycles. The second kappa shape index (κ2) is 16.5. The molecule has 8 rings (SSSR count). The predicted octanol–water partition coefficient (Wildman–Crippen LogP) is 8.09. The van der Waals surface area contributed by atoms with E-state index >= 15 is 0 Å². The highest BCUT2D eigenvalue weighted by molar-refractivity contribution is 6.74. The lowest BCUT2D eigenvalue weighted by Crippen LogP contribution is -2.49. The number of aliphatic hydroxyl groups is 1. The van der Waals surface area contributed by atoms with Gasteiger partial charge in [0.2, 0.25) is 0 Å². The number of aliphatic hydroxyl groups excluding tert-OH is 1. The summed E-state index contributed by atoms with van der Waals surface area (Å²) < 4.78 is 34.1. The fraction of sp³-hybridized carbons (Fsp3) is 0.362. The number of carbonyl (C=O) groups excluding carboxylic acids is 1. The van der Waals surface area contributed by atoms with Crippen LogP contribution in [0, 0.1) is 0 Å². The number of hydrogen-bond donors (Lipinski definition) is 1. The molecule has 1 amide bonds. The number of benzene rings is 4. The average molecular weight is 828 g/mol. The Bertz CT molecular complexity index is 2370. The van der Waals surface area contributed by atoms with E-state index in [9.17, 15) is 9.90 Å². The summed E-state index contributed by atoms with van der Waals surface area (Å²) in [6.07, 6.45) is -0.937. The quantitative estimate of drug-likeness (QED) is 0.0955. The fourth-order valence-electron chi connectivity index (χ4n) is 8.01. The fourth-order valence-corrected chi connectivity index (χ4v) is 9.30. The van der Waals surface area contributed by atoms with E-state index in [0.717, 1.165) is 22.4 Å². The first-order chi connectivity index (χ1) is 28.9. The number of hydrogen-bond acceptors (Lipinski definition) is 10. The van der Waals surface area contributed by atoms with Crippen molar-refractivity contribution in [1.82, 2.24) is 19.7 Å². The van der Waals surface area contributed by atoms with Crippen LogP contribution in [0.4, 0.5) is 5.82 Å². The van der Waals surface area contributed by atoms with Crippen molar-refractivity contribution >= 4 is 31.1 Å². The first kappa shape index (κ1) is 41.3. The molecule has 1 N–H and O–H groups in total. The molecular formula is C47H53N5O7Si. The van der Waals surface area contributed by atoms with Crippen molar-refractivity contribution in [1.29, 1.82) is 0 Å². The Labute approximate surface area is 352 Å². The largest absolute Gasteiger partial charge is 0.497 e. The molecule has 13 heteroatoms. The summed E-state index contributed by atoms with van der Waals surface area (Å²) in [5, 5.41) is 18.1. The summed E-state index contributed by atoms with van der Waals surface area (Å²) in [4.78, 5) is 25.0. The zero-order chi connectivity index (χ0) is 42.2. The van der Waals surface area contributed by atoms with Gasteiger partial charge in [0.15, 0.2) is 20.2 Å². The van der Waals surface area contributed by atoms with Crippen LogP contribution in [0.1, 0.15) is 66.2 Å². The molecular weight excluding hydrogens is 775 g/mol. The van der Waals surface area contributed by atoms with Crippen LogP contribution in [0.25, 0.3) is 11.0 Å². The van der Waals surface area contributed by atoms with E-state index in [-0.39, 0.29) is 17.6 Å². The molecule has 12 nitrogen and oxygen atoms in total. The molecule has 1 fully saturated rings. The molecule has 312 valence electrons. The molecule has 6 aromatic rings. The van der Waals surface area contributed by atoms with Crippen LogP contribution < -0.4 is 14.4 Å². The molecule has 0 unspecified atom stereocenters.